The van der Waals surface area contributed by atoms with Crippen LogP contribution in [-0.2, 0) is 6.54 Å². The van der Waals surface area contributed by atoms with E-state index in [1.807, 2.05) is 6.20 Å². The molecule has 0 saturated carbocycles. The van der Waals surface area contributed by atoms with Crippen molar-refractivity contribution in [2.24, 2.45) is 5.92 Å². The molecule has 1 aromatic heterocycles. The Balaban J connectivity index is 2.74. The highest BCUT2D eigenvalue weighted by molar-refractivity contribution is 9.10. The molecule has 0 aliphatic carbocycles. The molecule has 0 spiro atoms. The van der Waals surface area contributed by atoms with Crippen LogP contribution < -0.4 is 10.2 Å². The molecular weight excluding hydrogens is 302 g/mol. The second kappa shape index (κ2) is 8.54. The minimum absolute atomic E-state index is 0.722. The molecule has 0 bridgehead atoms. The third kappa shape index (κ3) is 5.91. The molecule has 4 heteroatoms. The van der Waals surface area contributed by atoms with Gasteiger partial charge in [0.25, 0.3) is 0 Å². The maximum Gasteiger partial charge on any atom is 0.132 e. The zero-order chi connectivity index (χ0) is 14.3. The molecule has 1 N–H and O–H groups in total. The SMILES string of the molecule is CCCNCc1cc(Br)cnc1N(C)CCC(C)C. The highest BCUT2D eigenvalue weighted by atomic mass is 79.9. The van der Waals surface area contributed by atoms with Gasteiger partial charge in [-0.15, -0.1) is 0 Å². The van der Waals surface area contributed by atoms with Crippen LogP contribution in [0.4, 0.5) is 5.82 Å². The fourth-order valence-corrected chi connectivity index (χ4v) is 2.28. The summed E-state index contributed by atoms with van der Waals surface area (Å²) in [6.07, 6.45) is 4.22. The van der Waals surface area contributed by atoms with Crippen molar-refractivity contribution in [3.05, 3.63) is 22.3 Å². The Kier molecular flexibility index (Phi) is 7.39. The molecule has 0 unspecified atom stereocenters. The lowest BCUT2D eigenvalue weighted by molar-refractivity contribution is 0.582. The quantitative estimate of drug-likeness (QED) is 0.735. The zero-order valence-electron chi connectivity index (χ0n) is 12.5. The summed E-state index contributed by atoms with van der Waals surface area (Å²) in [4.78, 5) is 6.83. The number of anilines is 1. The van der Waals surface area contributed by atoms with Crippen molar-refractivity contribution in [2.75, 3.05) is 25.0 Å². The van der Waals surface area contributed by atoms with Crippen LogP contribution >= 0.6 is 15.9 Å². The van der Waals surface area contributed by atoms with E-state index >= 15 is 0 Å². The molecule has 3 nitrogen and oxygen atoms in total. The maximum absolute atomic E-state index is 4.57. The van der Waals surface area contributed by atoms with E-state index in [0.717, 1.165) is 42.3 Å². The summed E-state index contributed by atoms with van der Waals surface area (Å²) in [5, 5.41) is 3.45. The molecule has 108 valence electrons. The monoisotopic (exact) mass is 327 g/mol. The molecule has 1 aromatic rings. The fourth-order valence-electron chi connectivity index (χ4n) is 1.91. The van der Waals surface area contributed by atoms with E-state index in [1.165, 1.54) is 12.0 Å². The van der Waals surface area contributed by atoms with E-state index in [1.54, 1.807) is 0 Å². The van der Waals surface area contributed by atoms with Crippen molar-refractivity contribution in [3.63, 3.8) is 0 Å². The van der Waals surface area contributed by atoms with Crippen molar-refractivity contribution in [1.29, 1.82) is 0 Å². The number of nitrogens with one attached hydrogen (secondary N) is 1. The first kappa shape index (κ1) is 16.4. The average Bonchev–Trinajstić information content (AvgIpc) is 2.36. The van der Waals surface area contributed by atoms with Crippen molar-refractivity contribution >= 4 is 21.7 Å². The minimum atomic E-state index is 0.722. The molecule has 1 rings (SSSR count). The number of hydrogen-bond donors (Lipinski definition) is 1. The first-order chi connectivity index (χ1) is 9.04. The summed E-state index contributed by atoms with van der Waals surface area (Å²) in [5.74, 6) is 1.81. The Hall–Kier alpha value is -0.610. The third-order valence-corrected chi connectivity index (χ3v) is 3.49. The highest BCUT2D eigenvalue weighted by Crippen LogP contribution is 2.21. The summed E-state index contributed by atoms with van der Waals surface area (Å²) < 4.78 is 1.04. The minimum Gasteiger partial charge on any atom is -0.359 e. The van der Waals surface area contributed by atoms with Crippen LogP contribution in [0.25, 0.3) is 0 Å². The number of nitrogens with zero attached hydrogens (tertiary/aromatic N) is 2. The van der Waals surface area contributed by atoms with Gasteiger partial charge >= 0.3 is 0 Å². The summed E-state index contributed by atoms with van der Waals surface area (Å²) in [7, 11) is 2.13. The molecule has 0 saturated heterocycles. The summed E-state index contributed by atoms with van der Waals surface area (Å²) in [5.41, 5.74) is 1.26. The van der Waals surface area contributed by atoms with Gasteiger partial charge in [0, 0.05) is 36.4 Å². The lowest BCUT2D eigenvalue weighted by Crippen LogP contribution is -2.24. The van der Waals surface area contributed by atoms with E-state index in [2.05, 4.69) is 65.0 Å². The standard InChI is InChI=1S/C15H26BrN3/c1-5-7-17-10-13-9-14(16)11-18-15(13)19(4)8-6-12(2)3/h9,11-12,17H,5-8,10H2,1-4H3. The van der Waals surface area contributed by atoms with E-state index in [4.69, 9.17) is 0 Å². The van der Waals surface area contributed by atoms with Crippen LogP contribution in [0.1, 0.15) is 39.2 Å². The lowest BCUT2D eigenvalue weighted by atomic mass is 10.1. The van der Waals surface area contributed by atoms with E-state index in [0.29, 0.717) is 0 Å². The molecule has 0 aromatic carbocycles. The summed E-state index contributed by atoms with van der Waals surface area (Å²) >= 11 is 3.51. The molecule has 0 aliphatic heterocycles. The number of pyridine rings is 1. The van der Waals surface area contributed by atoms with E-state index in [9.17, 15) is 0 Å². The summed E-state index contributed by atoms with van der Waals surface area (Å²) in [6, 6.07) is 2.16. The highest BCUT2D eigenvalue weighted by Gasteiger charge is 2.10. The molecule has 1 heterocycles. The fraction of sp³-hybridized carbons (Fsp3) is 0.667. The van der Waals surface area contributed by atoms with Crippen molar-refractivity contribution in [1.82, 2.24) is 10.3 Å². The normalized spacial score (nSPS) is 11.1. The second-order valence-corrected chi connectivity index (χ2v) is 6.33. The van der Waals surface area contributed by atoms with Gasteiger partial charge < -0.3 is 10.2 Å². The number of hydrogen-bond acceptors (Lipinski definition) is 3. The summed E-state index contributed by atoms with van der Waals surface area (Å²) in [6.45, 7) is 9.66. The van der Waals surface area contributed by atoms with Gasteiger partial charge in [-0.2, -0.15) is 0 Å². The molecule has 0 aliphatic rings. The number of rotatable bonds is 8. The topological polar surface area (TPSA) is 28.2 Å². The molecule has 19 heavy (non-hydrogen) atoms. The first-order valence-electron chi connectivity index (χ1n) is 7.10. The smallest absolute Gasteiger partial charge is 0.132 e. The predicted molar refractivity (Wildman–Crippen MR) is 86.7 cm³/mol. The Bertz CT molecular complexity index is 380. The molecule has 0 fully saturated rings. The first-order valence-corrected chi connectivity index (χ1v) is 7.90. The van der Waals surface area contributed by atoms with Gasteiger partial charge in [-0.3, -0.25) is 0 Å². The van der Waals surface area contributed by atoms with Gasteiger partial charge in [0.05, 0.1) is 0 Å². The molecule has 0 radical (unpaired) electrons. The van der Waals surface area contributed by atoms with Gasteiger partial charge in [-0.25, -0.2) is 4.98 Å². The lowest BCUT2D eigenvalue weighted by Gasteiger charge is -2.22. The van der Waals surface area contributed by atoms with Crippen LogP contribution in [0, 0.1) is 5.92 Å². The van der Waals surface area contributed by atoms with Crippen LogP contribution in [0.5, 0.6) is 0 Å². The Morgan fingerprint density at radius 3 is 2.79 bits per heavy atom. The second-order valence-electron chi connectivity index (χ2n) is 5.42. The van der Waals surface area contributed by atoms with Crippen molar-refractivity contribution in [3.8, 4) is 0 Å². The van der Waals surface area contributed by atoms with E-state index < -0.39 is 0 Å². The largest absolute Gasteiger partial charge is 0.359 e. The van der Waals surface area contributed by atoms with Gasteiger partial charge in [0.1, 0.15) is 5.82 Å². The zero-order valence-corrected chi connectivity index (χ0v) is 14.1. The van der Waals surface area contributed by atoms with Crippen LogP contribution in [0.2, 0.25) is 0 Å². The van der Waals surface area contributed by atoms with Gasteiger partial charge in [0.2, 0.25) is 0 Å². The number of halogens is 1. The van der Waals surface area contributed by atoms with Crippen LogP contribution in [0.15, 0.2) is 16.7 Å². The van der Waals surface area contributed by atoms with Gasteiger partial charge in [-0.1, -0.05) is 20.8 Å². The van der Waals surface area contributed by atoms with Crippen molar-refractivity contribution < 1.29 is 0 Å². The van der Waals surface area contributed by atoms with Crippen molar-refractivity contribution in [2.45, 2.75) is 40.2 Å². The van der Waals surface area contributed by atoms with E-state index in [-0.39, 0.29) is 0 Å². The Morgan fingerprint density at radius 2 is 2.16 bits per heavy atom. The molecule has 0 atom stereocenters. The van der Waals surface area contributed by atoms with Crippen LogP contribution in [-0.4, -0.2) is 25.1 Å². The maximum atomic E-state index is 4.57. The van der Waals surface area contributed by atoms with Crippen LogP contribution in [0.3, 0.4) is 0 Å². The predicted octanol–water partition coefficient (Wildman–Crippen LogP) is 3.83. The number of aromatic nitrogens is 1. The Morgan fingerprint density at radius 1 is 1.42 bits per heavy atom. The molecule has 0 amide bonds. The Labute approximate surface area is 125 Å². The van der Waals surface area contributed by atoms with Gasteiger partial charge in [-0.05, 0) is 47.3 Å². The van der Waals surface area contributed by atoms with Gasteiger partial charge in [0.15, 0.2) is 0 Å². The molecular formula is C15H26BrN3. The average molecular weight is 328 g/mol. The third-order valence-electron chi connectivity index (χ3n) is 3.06.